The van der Waals surface area contributed by atoms with Crippen molar-refractivity contribution in [2.45, 2.75) is 37.1 Å². The number of nitrogens with one attached hydrogen (secondary N) is 1. The maximum absolute atomic E-state index is 13.0. The zero-order chi connectivity index (χ0) is 21.1. The summed E-state index contributed by atoms with van der Waals surface area (Å²) in [4.78, 5) is 4.93. The second-order valence-electron chi connectivity index (χ2n) is 8.26. The normalized spacial score (nSPS) is 17.6. The average Bonchev–Trinajstić information content (AvgIpc) is 2.78. The van der Waals surface area contributed by atoms with Crippen LogP contribution in [-0.4, -0.2) is 53.7 Å². The van der Waals surface area contributed by atoms with Crippen LogP contribution in [0.25, 0.3) is 0 Å². The predicted octanol–water partition coefficient (Wildman–Crippen LogP) is 2.80. The van der Waals surface area contributed by atoms with E-state index in [0.717, 1.165) is 63.0 Å². The molecule has 1 fully saturated rings. The summed E-state index contributed by atoms with van der Waals surface area (Å²) >= 11 is 0. The summed E-state index contributed by atoms with van der Waals surface area (Å²) in [5, 5.41) is 0. The zero-order valence-electron chi connectivity index (χ0n) is 17.9. The average molecular weight is 430 g/mol. The number of methoxy groups -OCH3 is 1. The van der Waals surface area contributed by atoms with Crippen LogP contribution >= 0.6 is 0 Å². The first-order valence-corrected chi connectivity index (χ1v) is 12.2. The molecule has 1 saturated heterocycles. The Labute approximate surface area is 179 Å². The molecule has 0 saturated carbocycles. The molecule has 6 nitrogen and oxygen atoms in total. The Kier molecular flexibility index (Phi) is 6.32. The number of anilines is 1. The first kappa shape index (κ1) is 21.2. The summed E-state index contributed by atoms with van der Waals surface area (Å²) in [7, 11) is 0.00900. The SMILES string of the molecule is COc1cc2c(cc1S(=O)(=O)NCc1ccc(N3CCN(C)CC3)cc1)CCCC2. The third-order valence-corrected chi connectivity index (χ3v) is 7.61. The van der Waals surface area contributed by atoms with Crippen molar-refractivity contribution in [1.29, 1.82) is 0 Å². The van der Waals surface area contributed by atoms with E-state index < -0.39 is 10.0 Å². The summed E-state index contributed by atoms with van der Waals surface area (Å²) in [6.07, 6.45) is 4.16. The minimum absolute atomic E-state index is 0.236. The van der Waals surface area contributed by atoms with E-state index in [0.29, 0.717) is 5.75 Å². The van der Waals surface area contributed by atoms with Crippen LogP contribution in [0.1, 0.15) is 29.5 Å². The van der Waals surface area contributed by atoms with Crippen LogP contribution in [0.5, 0.6) is 5.75 Å². The van der Waals surface area contributed by atoms with Crippen LogP contribution in [-0.2, 0) is 29.4 Å². The van der Waals surface area contributed by atoms with Gasteiger partial charge in [0.1, 0.15) is 10.6 Å². The summed E-state index contributed by atoms with van der Waals surface area (Å²) in [5.74, 6) is 0.425. The largest absolute Gasteiger partial charge is 0.495 e. The molecular formula is C23H31N3O3S. The molecule has 0 aromatic heterocycles. The van der Waals surface area contributed by atoms with Crippen LogP contribution in [0.4, 0.5) is 5.69 Å². The molecule has 7 heteroatoms. The minimum atomic E-state index is -3.66. The predicted molar refractivity (Wildman–Crippen MR) is 120 cm³/mol. The number of piperazine rings is 1. The zero-order valence-corrected chi connectivity index (χ0v) is 18.7. The van der Waals surface area contributed by atoms with Gasteiger partial charge in [-0.15, -0.1) is 0 Å². The maximum atomic E-state index is 13.0. The molecule has 1 N–H and O–H groups in total. The van der Waals surface area contributed by atoms with Gasteiger partial charge in [-0.2, -0.15) is 0 Å². The van der Waals surface area contributed by atoms with Crippen LogP contribution in [0.2, 0.25) is 0 Å². The van der Waals surface area contributed by atoms with Crippen LogP contribution < -0.4 is 14.4 Å². The van der Waals surface area contributed by atoms with Crippen molar-refractivity contribution in [3.8, 4) is 5.75 Å². The Morgan fingerprint density at radius 3 is 2.23 bits per heavy atom. The van der Waals surface area contributed by atoms with Crippen LogP contribution in [0.15, 0.2) is 41.3 Å². The van der Waals surface area contributed by atoms with Gasteiger partial charge in [0.05, 0.1) is 7.11 Å². The first-order valence-electron chi connectivity index (χ1n) is 10.7. The Morgan fingerprint density at radius 2 is 1.60 bits per heavy atom. The third-order valence-electron chi connectivity index (χ3n) is 6.19. The van der Waals surface area contributed by atoms with Gasteiger partial charge < -0.3 is 14.5 Å². The van der Waals surface area contributed by atoms with Gasteiger partial charge in [-0.1, -0.05) is 12.1 Å². The summed E-state index contributed by atoms with van der Waals surface area (Å²) in [6, 6.07) is 11.9. The fourth-order valence-corrected chi connectivity index (χ4v) is 5.47. The van der Waals surface area contributed by atoms with Gasteiger partial charge in [0, 0.05) is 38.4 Å². The molecule has 1 aliphatic heterocycles. The van der Waals surface area contributed by atoms with Crippen molar-refractivity contribution in [3.05, 3.63) is 53.1 Å². The molecule has 2 aromatic carbocycles. The van der Waals surface area contributed by atoms with E-state index >= 15 is 0 Å². The van der Waals surface area contributed by atoms with Crippen molar-refractivity contribution in [3.63, 3.8) is 0 Å². The molecule has 1 aliphatic carbocycles. The molecule has 4 rings (SSSR count). The van der Waals surface area contributed by atoms with Gasteiger partial charge in [0.2, 0.25) is 10.0 Å². The second kappa shape index (κ2) is 8.96. The van der Waals surface area contributed by atoms with Crippen LogP contribution in [0, 0.1) is 0 Å². The highest BCUT2D eigenvalue weighted by Gasteiger charge is 2.23. The van der Waals surface area contributed by atoms with Crippen molar-refractivity contribution in [1.82, 2.24) is 9.62 Å². The van der Waals surface area contributed by atoms with Crippen molar-refractivity contribution in [2.75, 3.05) is 45.2 Å². The van der Waals surface area contributed by atoms with E-state index in [1.165, 1.54) is 18.4 Å². The topological polar surface area (TPSA) is 61.9 Å². The molecule has 2 aliphatic rings. The summed E-state index contributed by atoms with van der Waals surface area (Å²) in [5.41, 5.74) is 4.45. The van der Waals surface area contributed by atoms with Gasteiger partial charge in [0.25, 0.3) is 0 Å². The standard InChI is InChI=1S/C23H31N3O3S/c1-25-11-13-26(14-12-25)21-9-7-18(8-10-21)17-24-30(27,28)23-16-20-6-4-3-5-19(20)15-22(23)29-2/h7-10,15-16,24H,3-6,11-14,17H2,1-2H3. The monoisotopic (exact) mass is 429 g/mol. The smallest absolute Gasteiger partial charge is 0.244 e. The molecule has 0 atom stereocenters. The third kappa shape index (κ3) is 4.63. The van der Waals surface area contributed by atoms with E-state index in [4.69, 9.17) is 4.74 Å². The highest BCUT2D eigenvalue weighted by Crippen LogP contribution is 2.32. The minimum Gasteiger partial charge on any atom is -0.495 e. The summed E-state index contributed by atoms with van der Waals surface area (Å²) < 4.78 is 34.2. The molecule has 2 aromatic rings. The van der Waals surface area contributed by atoms with E-state index in [1.54, 1.807) is 6.07 Å². The van der Waals surface area contributed by atoms with E-state index in [-0.39, 0.29) is 11.4 Å². The number of nitrogens with zero attached hydrogens (tertiary/aromatic N) is 2. The number of rotatable bonds is 6. The van der Waals surface area contributed by atoms with E-state index in [9.17, 15) is 8.42 Å². The molecule has 1 heterocycles. The van der Waals surface area contributed by atoms with Gasteiger partial charge in [0.15, 0.2) is 0 Å². The number of hydrogen-bond donors (Lipinski definition) is 1. The number of aryl methyl sites for hydroxylation is 2. The van der Waals surface area contributed by atoms with Crippen molar-refractivity contribution < 1.29 is 13.2 Å². The Bertz CT molecular complexity index is 981. The van der Waals surface area contributed by atoms with Gasteiger partial charge in [-0.3, -0.25) is 0 Å². The lowest BCUT2D eigenvalue weighted by molar-refractivity contribution is 0.313. The van der Waals surface area contributed by atoms with Gasteiger partial charge in [-0.25, -0.2) is 13.1 Å². The number of fused-ring (bicyclic) bond motifs is 1. The quantitative estimate of drug-likeness (QED) is 0.765. The van der Waals surface area contributed by atoms with Gasteiger partial charge in [-0.05, 0) is 73.7 Å². The lowest BCUT2D eigenvalue weighted by atomic mass is 9.92. The maximum Gasteiger partial charge on any atom is 0.244 e. The molecule has 0 spiro atoms. The second-order valence-corrected chi connectivity index (χ2v) is 10.00. The molecule has 0 bridgehead atoms. The molecule has 0 radical (unpaired) electrons. The Balaban J connectivity index is 1.45. The molecule has 162 valence electrons. The number of ether oxygens (including phenoxy) is 1. The lowest BCUT2D eigenvalue weighted by Crippen LogP contribution is -2.44. The number of benzene rings is 2. The summed E-state index contributed by atoms with van der Waals surface area (Å²) in [6.45, 7) is 4.40. The highest BCUT2D eigenvalue weighted by atomic mass is 32.2. The van der Waals surface area contributed by atoms with Crippen molar-refractivity contribution in [2.24, 2.45) is 0 Å². The molecule has 30 heavy (non-hydrogen) atoms. The molecule has 0 amide bonds. The fourth-order valence-electron chi connectivity index (χ4n) is 4.26. The Morgan fingerprint density at radius 1 is 0.967 bits per heavy atom. The number of likely N-dealkylation sites (N-methyl/N-ethyl adjacent to an activating group) is 1. The molecule has 0 unspecified atom stereocenters. The van der Waals surface area contributed by atoms with E-state index in [1.807, 2.05) is 18.2 Å². The Hall–Kier alpha value is -2.09. The number of hydrogen-bond acceptors (Lipinski definition) is 5. The van der Waals surface area contributed by atoms with Crippen molar-refractivity contribution >= 4 is 15.7 Å². The van der Waals surface area contributed by atoms with E-state index in [2.05, 4.69) is 33.7 Å². The highest BCUT2D eigenvalue weighted by molar-refractivity contribution is 7.89. The van der Waals surface area contributed by atoms with Gasteiger partial charge >= 0.3 is 0 Å². The molecular weight excluding hydrogens is 398 g/mol. The lowest BCUT2D eigenvalue weighted by Gasteiger charge is -2.34. The number of sulfonamides is 1. The fraction of sp³-hybridized carbons (Fsp3) is 0.478. The van der Waals surface area contributed by atoms with Crippen LogP contribution in [0.3, 0.4) is 0 Å². The first-order chi connectivity index (χ1) is 14.5.